The summed E-state index contributed by atoms with van der Waals surface area (Å²) < 4.78 is 43.9. The van der Waals surface area contributed by atoms with Crippen LogP contribution in [0.3, 0.4) is 0 Å². The molecule has 2 rings (SSSR count). The van der Waals surface area contributed by atoms with Crippen molar-refractivity contribution in [3.63, 3.8) is 0 Å². The Balaban J connectivity index is 1.73. The van der Waals surface area contributed by atoms with Crippen LogP contribution in [0.1, 0.15) is 36.8 Å². The van der Waals surface area contributed by atoms with Gasteiger partial charge in [0.05, 0.1) is 11.7 Å². The second kappa shape index (κ2) is 7.09. The smallest absolute Gasteiger partial charge is 0.378 e. The average molecular weight is 287 g/mol. The van der Waals surface area contributed by atoms with Crippen LogP contribution in [0.2, 0.25) is 0 Å². The summed E-state index contributed by atoms with van der Waals surface area (Å²) in [6, 6.07) is 5.71. The highest BCUT2D eigenvalue weighted by atomic mass is 19.4. The van der Waals surface area contributed by atoms with Crippen LogP contribution in [0.4, 0.5) is 13.2 Å². The zero-order valence-electron chi connectivity index (χ0n) is 11.4. The number of alkyl halides is 3. The van der Waals surface area contributed by atoms with Gasteiger partial charge in [-0.2, -0.15) is 13.2 Å². The van der Waals surface area contributed by atoms with Crippen LogP contribution in [0.25, 0.3) is 0 Å². The predicted octanol–water partition coefficient (Wildman–Crippen LogP) is 3.75. The van der Waals surface area contributed by atoms with Gasteiger partial charge in [0.2, 0.25) is 0 Å². The minimum Gasteiger partial charge on any atom is -0.378 e. The van der Waals surface area contributed by atoms with Gasteiger partial charge in [-0.3, -0.25) is 0 Å². The fourth-order valence-corrected chi connectivity index (χ4v) is 2.50. The lowest BCUT2D eigenvalue weighted by molar-refractivity contribution is -0.138. The standard InChI is InChI=1S/C15H20F3NO/c16-15(17,18)14-8-2-1-5-12(14)11-19-9-3-6-13-7-4-10-20-13/h1-2,5,8,13,19H,3-4,6-7,9-11H2. The molecule has 112 valence electrons. The normalized spacial score (nSPS) is 19.4. The Morgan fingerprint density at radius 1 is 1.25 bits per heavy atom. The van der Waals surface area contributed by atoms with Crippen LogP contribution in [0.5, 0.6) is 0 Å². The molecular weight excluding hydrogens is 267 g/mol. The Kier molecular flexibility index (Phi) is 5.43. The molecule has 0 spiro atoms. The third kappa shape index (κ3) is 4.49. The van der Waals surface area contributed by atoms with Crippen LogP contribution in [0.15, 0.2) is 24.3 Å². The number of hydrogen-bond donors (Lipinski definition) is 1. The molecule has 20 heavy (non-hydrogen) atoms. The monoisotopic (exact) mass is 287 g/mol. The first kappa shape index (κ1) is 15.3. The van der Waals surface area contributed by atoms with E-state index in [1.54, 1.807) is 6.07 Å². The first-order valence-electron chi connectivity index (χ1n) is 7.05. The van der Waals surface area contributed by atoms with Crippen molar-refractivity contribution in [1.82, 2.24) is 5.32 Å². The van der Waals surface area contributed by atoms with E-state index >= 15 is 0 Å². The Hall–Kier alpha value is -1.07. The highest BCUT2D eigenvalue weighted by molar-refractivity contribution is 5.29. The van der Waals surface area contributed by atoms with E-state index in [9.17, 15) is 13.2 Å². The molecule has 1 fully saturated rings. The third-order valence-electron chi connectivity index (χ3n) is 3.54. The van der Waals surface area contributed by atoms with Gasteiger partial charge in [0.1, 0.15) is 0 Å². The lowest BCUT2D eigenvalue weighted by Crippen LogP contribution is -2.19. The van der Waals surface area contributed by atoms with Crippen molar-refractivity contribution < 1.29 is 17.9 Å². The summed E-state index contributed by atoms with van der Waals surface area (Å²) in [7, 11) is 0. The van der Waals surface area contributed by atoms with E-state index in [2.05, 4.69) is 5.32 Å². The van der Waals surface area contributed by atoms with Gasteiger partial charge in [-0.1, -0.05) is 18.2 Å². The topological polar surface area (TPSA) is 21.3 Å². The summed E-state index contributed by atoms with van der Waals surface area (Å²) in [5.41, 5.74) is -0.247. The quantitative estimate of drug-likeness (QED) is 0.804. The molecular formula is C15H20F3NO. The molecule has 0 saturated carbocycles. The summed E-state index contributed by atoms with van der Waals surface area (Å²) in [5, 5.41) is 3.08. The number of benzene rings is 1. The Morgan fingerprint density at radius 2 is 2.05 bits per heavy atom. The molecule has 5 heteroatoms. The average Bonchev–Trinajstić information content (AvgIpc) is 2.91. The van der Waals surface area contributed by atoms with Crippen molar-refractivity contribution in [1.29, 1.82) is 0 Å². The van der Waals surface area contributed by atoms with Crippen molar-refractivity contribution >= 4 is 0 Å². The highest BCUT2D eigenvalue weighted by Crippen LogP contribution is 2.31. The van der Waals surface area contributed by atoms with Gasteiger partial charge in [0.25, 0.3) is 0 Å². The van der Waals surface area contributed by atoms with E-state index in [-0.39, 0.29) is 6.54 Å². The van der Waals surface area contributed by atoms with Gasteiger partial charge in [0.15, 0.2) is 0 Å². The van der Waals surface area contributed by atoms with Crippen molar-refractivity contribution in [2.24, 2.45) is 0 Å². The van der Waals surface area contributed by atoms with E-state index < -0.39 is 11.7 Å². The first-order valence-corrected chi connectivity index (χ1v) is 7.05. The molecule has 0 radical (unpaired) electrons. The van der Waals surface area contributed by atoms with E-state index in [1.807, 2.05) is 0 Å². The summed E-state index contributed by atoms with van der Waals surface area (Å²) in [6.07, 6.45) is 0.204. The Morgan fingerprint density at radius 3 is 2.75 bits per heavy atom. The molecule has 1 aromatic carbocycles. The maximum absolute atomic E-state index is 12.8. The molecule has 2 nitrogen and oxygen atoms in total. The van der Waals surface area contributed by atoms with Gasteiger partial charge in [-0.05, 0) is 43.9 Å². The predicted molar refractivity (Wildman–Crippen MR) is 71.4 cm³/mol. The SMILES string of the molecule is FC(F)(F)c1ccccc1CNCCCC1CCCO1. The van der Waals surface area contributed by atoms with Gasteiger partial charge in [-0.15, -0.1) is 0 Å². The largest absolute Gasteiger partial charge is 0.416 e. The van der Waals surface area contributed by atoms with Crippen LogP contribution in [0, 0.1) is 0 Å². The maximum atomic E-state index is 12.8. The van der Waals surface area contributed by atoms with Gasteiger partial charge < -0.3 is 10.1 Å². The van der Waals surface area contributed by atoms with Gasteiger partial charge >= 0.3 is 6.18 Å². The maximum Gasteiger partial charge on any atom is 0.416 e. The van der Waals surface area contributed by atoms with Crippen molar-refractivity contribution in [3.05, 3.63) is 35.4 Å². The van der Waals surface area contributed by atoms with E-state index in [0.717, 1.165) is 38.4 Å². The summed E-state index contributed by atoms with van der Waals surface area (Å²) in [6.45, 7) is 1.81. The zero-order chi connectivity index (χ0) is 14.4. The number of hydrogen-bond acceptors (Lipinski definition) is 2. The molecule has 1 aromatic rings. The molecule has 0 bridgehead atoms. The number of nitrogens with one attached hydrogen (secondary N) is 1. The molecule has 0 aromatic heterocycles. The molecule has 1 unspecified atom stereocenters. The Labute approximate surface area is 117 Å². The fraction of sp³-hybridized carbons (Fsp3) is 0.600. The van der Waals surface area contributed by atoms with Crippen LogP contribution >= 0.6 is 0 Å². The molecule has 1 aliphatic rings. The summed E-state index contributed by atoms with van der Waals surface area (Å²) in [5.74, 6) is 0. The van der Waals surface area contributed by atoms with Crippen molar-refractivity contribution in [2.45, 2.75) is 44.5 Å². The van der Waals surface area contributed by atoms with Crippen LogP contribution < -0.4 is 5.32 Å². The number of rotatable bonds is 6. The minimum atomic E-state index is -4.28. The number of ether oxygens (including phenoxy) is 1. The first-order chi connectivity index (χ1) is 9.57. The van der Waals surface area contributed by atoms with E-state index in [4.69, 9.17) is 4.74 Å². The molecule has 1 atom stereocenters. The molecule has 1 heterocycles. The van der Waals surface area contributed by atoms with Gasteiger partial charge in [0, 0.05) is 13.2 Å². The van der Waals surface area contributed by atoms with Crippen molar-refractivity contribution in [3.8, 4) is 0 Å². The lowest BCUT2D eigenvalue weighted by Gasteiger charge is -2.13. The third-order valence-corrected chi connectivity index (χ3v) is 3.54. The van der Waals surface area contributed by atoms with Crippen LogP contribution in [-0.4, -0.2) is 19.3 Å². The number of halogens is 3. The minimum absolute atomic E-state index is 0.251. The fourth-order valence-electron chi connectivity index (χ4n) is 2.50. The van der Waals surface area contributed by atoms with Gasteiger partial charge in [-0.25, -0.2) is 0 Å². The second-order valence-corrected chi connectivity index (χ2v) is 5.11. The molecule has 1 aliphatic heterocycles. The second-order valence-electron chi connectivity index (χ2n) is 5.11. The van der Waals surface area contributed by atoms with Crippen LogP contribution in [-0.2, 0) is 17.5 Å². The molecule has 1 saturated heterocycles. The summed E-state index contributed by atoms with van der Waals surface area (Å²) in [4.78, 5) is 0. The molecule has 0 amide bonds. The van der Waals surface area contributed by atoms with Crippen molar-refractivity contribution in [2.75, 3.05) is 13.2 Å². The molecule has 1 N–H and O–H groups in total. The Bertz CT molecular complexity index is 414. The zero-order valence-corrected chi connectivity index (χ0v) is 11.4. The molecule has 0 aliphatic carbocycles. The highest BCUT2D eigenvalue weighted by Gasteiger charge is 2.32. The summed E-state index contributed by atoms with van der Waals surface area (Å²) >= 11 is 0. The van der Waals surface area contributed by atoms with E-state index in [0.29, 0.717) is 18.2 Å². The van der Waals surface area contributed by atoms with E-state index in [1.165, 1.54) is 12.1 Å². The lowest BCUT2D eigenvalue weighted by atomic mass is 10.1.